The first-order valence-corrected chi connectivity index (χ1v) is 6.78. The van der Waals surface area contributed by atoms with E-state index < -0.39 is 0 Å². The molecule has 0 unspecified atom stereocenters. The number of fused-ring (bicyclic) bond motifs is 1. The first-order valence-electron chi connectivity index (χ1n) is 5.99. The van der Waals surface area contributed by atoms with Crippen LogP contribution in [0.4, 0.5) is 11.5 Å². The van der Waals surface area contributed by atoms with Crippen LogP contribution in [0.25, 0.3) is 5.65 Å². The maximum atomic E-state index is 4.37. The van der Waals surface area contributed by atoms with Crippen molar-refractivity contribution in [3.8, 4) is 0 Å². The zero-order chi connectivity index (χ0) is 13.7. The molecule has 3 rings (SSSR count). The zero-order valence-electron chi connectivity index (χ0n) is 10.7. The Balaban J connectivity index is 0.000000637. The van der Waals surface area contributed by atoms with E-state index in [1.807, 2.05) is 42.8 Å². The summed E-state index contributed by atoms with van der Waals surface area (Å²) in [5.74, 6) is 0.704. The van der Waals surface area contributed by atoms with Crippen LogP contribution in [0.1, 0.15) is 13.8 Å². The van der Waals surface area contributed by atoms with Crippen molar-refractivity contribution in [3.05, 3.63) is 47.7 Å². The summed E-state index contributed by atoms with van der Waals surface area (Å²) in [4.78, 5) is 12.6. The number of pyridine rings is 1. The SMILES string of the molecule is Brc1cn2ccnc2c(Nc2ccncc2)n1.CC. The topological polar surface area (TPSA) is 55.1 Å². The molecule has 0 aliphatic carbocycles. The molecule has 0 bridgehead atoms. The molecule has 1 N–H and O–H groups in total. The van der Waals surface area contributed by atoms with Crippen LogP contribution in [0.3, 0.4) is 0 Å². The van der Waals surface area contributed by atoms with Gasteiger partial charge in [-0.25, -0.2) is 9.97 Å². The Hall–Kier alpha value is -1.95. The van der Waals surface area contributed by atoms with Crippen LogP contribution < -0.4 is 5.32 Å². The Labute approximate surface area is 119 Å². The second-order valence-corrected chi connectivity index (χ2v) is 4.24. The molecule has 0 spiro atoms. The maximum Gasteiger partial charge on any atom is 0.180 e. The first kappa shape index (κ1) is 13.5. The zero-order valence-corrected chi connectivity index (χ0v) is 12.3. The highest BCUT2D eigenvalue weighted by Gasteiger charge is 2.06. The van der Waals surface area contributed by atoms with Crippen molar-refractivity contribution in [1.29, 1.82) is 0 Å². The van der Waals surface area contributed by atoms with E-state index in [0.717, 1.165) is 15.9 Å². The minimum absolute atomic E-state index is 0.704. The predicted molar refractivity (Wildman–Crippen MR) is 79.6 cm³/mol. The maximum absolute atomic E-state index is 4.37. The largest absolute Gasteiger partial charge is 0.337 e. The number of nitrogens with one attached hydrogen (secondary N) is 1. The highest BCUT2D eigenvalue weighted by molar-refractivity contribution is 9.10. The predicted octanol–water partition coefficient (Wildman–Crippen LogP) is 3.66. The molecule has 0 radical (unpaired) electrons. The number of anilines is 2. The summed E-state index contributed by atoms with van der Waals surface area (Å²) in [6.45, 7) is 4.00. The number of halogens is 1. The third kappa shape index (κ3) is 3.08. The monoisotopic (exact) mass is 319 g/mol. The third-order valence-corrected chi connectivity index (χ3v) is 2.67. The summed E-state index contributed by atoms with van der Waals surface area (Å²) in [6, 6.07) is 3.75. The summed E-state index contributed by atoms with van der Waals surface area (Å²) in [7, 11) is 0. The molecule has 5 nitrogen and oxygen atoms in total. The average Bonchev–Trinajstić information content (AvgIpc) is 2.90. The van der Waals surface area contributed by atoms with Crippen molar-refractivity contribution in [2.75, 3.05) is 5.32 Å². The lowest BCUT2D eigenvalue weighted by Crippen LogP contribution is -1.98. The van der Waals surface area contributed by atoms with Gasteiger partial charge in [-0.1, -0.05) is 13.8 Å². The number of hydrogen-bond acceptors (Lipinski definition) is 4. The average molecular weight is 320 g/mol. The Morgan fingerprint density at radius 1 is 1.16 bits per heavy atom. The van der Waals surface area contributed by atoms with Gasteiger partial charge in [-0.05, 0) is 28.1 Å². The van der Waals surface area contributed by atoms with Crippen LogP contribution >= 0.6 is 15.9 Å². The molecule has 6 heteroatoms. The number of aromatic nitrogens is 4. The molecule has 0 saturated heterocycles. The van der Waals surface area contributed by atoms with Gasteiger partial charge in [0, 0.05) is 36.7 Å². The van der Waals surface area contributed by atoms with Crippen molar-refractivity contribution in [2.45, 2.75) is 13.8 Å². The van der Waals surface area contributed by atoms with Gasteiger partial charge in [-0.2, -0.15) is 0 Å². The fourth-order valence-electron chi connectivity index (χ4n) is 1.56. The van der Waals surface area contributed by atoms with Gasteiger partial charge in [0.05, 0.1) is 0 Å². The lowest BCUT2D eigenvalue weighted by atomic mass is 10.4. The molecule has 0 aromatic carbocycles. The molecule has 19 heavy (non-hydrogen) atoms. The van der Waals surface area contributed by atoms with Gasteiger partial charge in [0.25, 0.3) is 0 Å². The molecule has 0 amide bonds. The van der Waals surface area contributed by atoms with Crippen LogP contribution in [-0.4, -0.2) is 19.4 Å². The minimum Gasteiger partial charge on any atom is -0.337 e. The normalized spacial score (nSPS) is 9.84. The van der Waals surface area contributed by atoms with Gasteiger partial charge >= 0.3 is 0 Å². The summed E-state index contributed by atoms with van der Waals surface area (Å²) in [5, 5.41) is 3.21. The molecule has 98 valence electrons. The van der Waals surface area contributed by atoms with Crippen LogP contribution in [0.5, 0.6) is 0 Å². The molecule has 0 aliphatic rings. The lowest BCUT2D eigenvalue weighted by Gasteiger charge is -2.06. The molecule has 0 fully saturated rings. The van der Waals surface area contributed by atoms with Crippen molar-refractivity contribution in [1.82, 2.24) is 19.4 Å². The van der Waals surface area contributed by atoms with Gasteiger partial charge in [-0.15, -0.1) is 0 Å². The van der Waals surface area contributed by atoms with Crippen molar-refractivity contribution in [3.63, 3.8) is 0 Å². The lowest BCUT2D eigenvalue weighted by molar-refractivity contribution is 1.10. The highest BCUT2D eigenvalue weighted by Crippen LogP contribution is 2.20. The minimum atomic E-state index is 0.704. The van der Waals surface area contributed by atoms with Gasteiger partial charge in [-0.3, -0.25) is 4.98 Å². The third-order valence-electron chi connectivity index (χ3n) is 2.29. The van der Waals surface area contributed by atoms with E-state index in [4.69, 9.17) is 0 Å². The fraction of sp³-hybridized carbons (Fsp3) is 0.154. The van der Waals surface area contributed by atoms with Crippen LogP contribution in [0.2, 0.25) is 0 Å². The standard InChI is InChI=1S/C11H8BrN5.C2H6/c12-9-7-17-6-5-14-11(17)10(16-9)15-8-1-3-13-4-2-8;1-2/h1-7H,(H,13,15,16);1-2H3. The van der Waals surface area contributed by atoms with E-state index in [9.17, 15) is 0 Å². The highest BCUT2D eigenvalue weighted by atomic mass is 79.9. The summed E-state index contributed by atoms with van der Waals surface area (Å²) in [5.41, 5.74) is 1.71. The summed E-state index contributed by atoms with van der Waals surface area (Å²) >= 11 is 3.37. The van der Waals surface area contributed by atoms with Crippen molar-refractivity contribution >= 4 is 33.1 Å². The van der Waals surface area contributed by atoms with Gasteiger partial charge < -0.3 is 9.72 Å². The summed E-state index contributed by atoms with van der Waals surface area (Å²) < 4.78 is 2.65. The number of imidazole rings is 1. The Morgan fingerprint density at radius 3 is 2.63 bits per heavy atom. The summed E-state index contributed by atoms with van der Waals surface area (Å²) in [6.07, 6.45) is 8.92. The van der Waals surface area contributed by atoms with Crippen LogP contribution in [0, 0.1) is 0 Å². The first-order chi connectivity index (χ1) is 9.33. The number of hydrogen-bond donors (Lipinski definition) is 1. The fourth-order valence-corrected chi connectivity index (χ4v) is 1.95. The Morgan fingerprint density at radius 2 is 1.89 bits per heavy atom. The number of rotatable bonds is 2. The van der Waals surface area contributed by atoms with E-state index in [1.165, 1.54) is 0 Å². The molecular formula is C13H14BrN5. The van der Waals surface area contributed by atoms with Crippen LogP contribution in [0.15, 0.2) is 47.7 Å². The van der Waals surface area contributed by atoms with E-state index in [2.05, 4.69) is 36.2 Å². The molecule has 3 aromatic rings. The molecule has 0 saturated carbocycles. The molecular weight excluding hydrogens is 306 g/mol. The van der Waals surface area contributed by atoms with Gasteiger partial charge in [0.15, 0.2) is 11.5 Å². The van der Waals surface area contributed by atoms with E-state index in [1.54, 1.807) is 18.6 Å². The quantitative estimate of drug-likeness (QED) is 0.783. The van der Waals surface area contributed by atoms with E-state index in [-0.39, 0.29) is 0 Å². The molecule has 3 heterocycles. The molecule has 3 aromatic heterocycles. The van der Waals surface area contributed by atoms with Crippen molar-refractivity contribution < 1.29 is 0 Å². The van der Waals surface area contributed by atoms with E-state index >= 15 is 0 Å². The van der Waals surface area contributed by atoms with Crippen molar-refractivity contribution in [2.24, 2.45) is 0 Å². The van der Waals surface area contributed by atoms with Gasteiger partial charge in [0.2, 0.25) is 0 Å². The van der Waals surface area contributed by atoms with Crippen LogP contribution in [-0.2, 0) is 0 Å². The molecule has 0 aliphatic heterocycles. The van der Waals surface area contributed by atoms with Gasteiger partial charge in [0.1, 0.15) is 4.60 Å². The number of nitrogens with zero attached hydrogens (tertiary/aromatic N) is 4. The second kappa shape index (κ2) is 6.29. The second-order valence-electron chi connectivity index (χ2n) is 3.43. The Bertz CT molecular complexity index is 650. The van der Waals surface area contributed by atoms with E-state index in [0.29, 0.717) is 5.82 Å². The smallest absolute Gasteiger partial charge is 0.180 e. The Kier molecular flexibility index (Phi) is 4.46. The molecule has 0 atom stereocenters.